The van der Waals surface area contributed by atoms with Gasteiger partial charge in [0.2, 0.25) is 11.9 Å². The molecule has 1 saturated carbocycles. The molecule has 2 atom stereocenters. The van der Waals surface area contributed by atoms with Gasteiger partial charge in [-0.2, -0.15) is 0 Å². The van der Waals surface area contributed by atoms with Gasteiger partial charge in [-0.1, -0.05) is 30.2 Å². The molecule has 4 aliphatic rings. The molecule has 4 aromatic rings. The Morgan fingerprint density at radius 1 is 1.00 bits per heavy atom. The van der Waals surface area contributed by atoms with E-state index in [2.05, 4.69) is 91.2 Å². The zero-order valence-corrected chi connectivity index (χ0v) is 30.0. The van der Waals surface area contributed by atoms with E-state index in [4.69, 9.17) is 4.99 Å². The minimum absolute atomic E-state index is 0.0596. The van der Waals surface area contributed by atoms with Crippen LogP contribution in [0.15, 0.2) is 65.9 Å². The maximum Gasteiger partial charge on any atom is 0.411 e. The summed E-state index contributed by atoms with van der Waals surface area (Å²) in [6.45, 7) is 13.2. The van der Waals surface area contributed by atoms with Crippen LogP contribution >= 0.6 is 0 Å². The van der Waals surface area contributed by atoms with Crippen LogP contribution < -0.4 is 5.32 Å². The predicted octanol–water partition coefficient (Wildman–Crippen LogP) is 7.74. The molecule has 1 unspecified atom stereocenters. The second kappa shape index (κ2) is 13.6. The van der Waals surface area contributed by atoms with Crippen LogP contribution in [0.25, 0.3) is 22.2 Å². The second-order valence-electron chi connectivity index (χ2n) is 15.5. The number of nitrogens with zero attached hydrogens (tertiary/aromatic N) is 4. The van der Waals surface area contributed by atoms with Crippen molar-refractivity contribution in [2.24, 2.45) is 10.9 Å². The molecule has 3 aliphatic heterocycles. The topological polar surface area (TPSA) is 114 Å². The predicted molar refractivity (Wildman–Crippen MR) is 199 cm³/mol. The Morgan fingerprint density at radius 3 is 2.38 bits per heavy atom. The third-order valence-electron chi connectivity index (χ3n) is 11.5. The number of guanidine groups is 1. The van der Waals surface area contributed by atoms with Crippen LogP contribution in [-0.2, 0) is 10.2 Å². The molecule has 2 amide bonds. The third-order valence-corrected chi connectivity index (χ3v) is 11.5. The van der Waals surface area contributed by atoms with Crippen molar-refractivity contribution in [2.75, 3.05) is 26.2 Å². The molecule has 1 aliphatic carbocycles. The first kappa shape index (κ1) is 33.8. The molecule has 3 saturated heterocycles. The molecule has 262 valence electrons. The van der Waals surface area contributed by atoms with Crippen LogP contribution in [-0.4, -0.2) is 75.1 Å². The molecule has 9 nitrogen and oxygen atoms in total. The number of carbonyl (C=O) groups excluding carboxylic acids is 1. The lowest BCUT2D eigenvalue weighted by molar-refractivity contribution is -0.144. The van der Waals surface area contributed by atoms with Crippen molar-refractivity contribution < 1.29 is 14.7 Å². The van der Waals surface area contributed by atoms with Crippen LogP contribution in [0.2, 0.25) is 0 Å². The normalized spacial score (nSPS) is 21.5. The highest BCUT2D eigenvalue weighted by molar-refractivity contribution is 5.95. The summed E-state index contributed by atoms with van der Waals surface area (Å²) in [4.78, 5) is 43.2. The summed E-state index contributed by atoms with van der Waals surface area (Å²) in [7, 11) is 0. The summed E-state index contributed by atoms with van der Waals surface area (Å²) in [6, 6.07) is 17.5. The summed E-state index contributed by atoms with van der Waals surface area (Å²) < 4.78 is 0. The lowest BCUT2D eigenvalue weighted by Gasteiger charge is -2.47. The van der Waals surface area contributed by atoms with Gasteiger partial charge in [-0.15, -0.1) is 0 Å². The van der Waals surface area contributed by atoms with Gasteiger partial charge < -0.3 is 19.9 Å². The minimum Gasteiger partial charge on any atom is -0.465 e. The summed E-state index contributed by atoms with van der Waals surface area (Å²) in [5.74, 6) is 1.46. The Balaban J connectivity index is 1.24. The molecule has 3 N–H and O–H groups in total. The van der Waals surface area contributed by atoms with Crippen molar-refractivity contribution in [3.63, 3.8) is 0 Å². The molecule has 8 rings (SSSR count). The number of benzene rings is 2. The van der Waals surface area contributed by atoms with Crippen LogP contribution in [0.4, 0.5) is 4.79 Å². The van der Waals surface area contributed by atoms with Crippen molar-refractivity contribution in [1.82, 2.24) is 25.1 Å². The van der Waals surface area contributed by atoms with Gasteiger partial charge in [-0.25, -0.2) is 4.79 Å². The Labute approximate surface area is 295 Å². The molecule has 2 bridgehead atoms. The number of amides is 2. The van der Waals surface area contributed by atoms with E-state index in [0.717, 1.165) is 59.1 Å². The number of carboxylic acid groups (broad SMARTS) is 1. The number of aromatic amines is 1. The van der Waals surface area contributed by atoms with Crippen LogP contribution in [0.5, 0.6) is 0 Å². The van der Waals surface area contributed by atoms with Gasteiger partial charge in [0.15, 0.2) is 0 Å². The number of piperidine rings is 2. The molecule has 50 heavy (non-hydrogen) atoms. The molecular formula is C41H50N6O3. The molecule has 9 heteroatoms. The number of aryl methyl sites for hydroxylation is 2. The van der Waals surface area contributed by atoms with E-state index in [9.17, 15) is 14.7 Å². The average molecular weight is 675 g/mol. The van der Waals surface area contributed by atoms with E-state index >= 15 is 0 Å². The number of likely N-dealkylation sites (tertiary alicyclic amines) is 1. The number of hydrogen-bond donors (Lipinski definition) is 3. The van der Waals surface area contributed by atoms with Gasteiger partial charge in [0.1, 0.15) is 0 Å². The van der Waals surface area contributed by atoms with E-state index in [0.29, 0.717) is 37.6 Å². The van der Waals surface area contributed by atoms with Gasteiger partial charge >= 0.3 is 6.09 Å². The molecule has 0 spiro atoms. The monoisotopic (exact) mass is 674 g/mol. The molecule has 4 fully saturated rings. The summed E-state index contributed by atoms with van der Waals surface area (Å²) in [5.41, 5.74) is 8.18. The van der Waals surface area contributed by atoms with Crippen LogP contribution in [0.1, 0.15) is 92.5 Å². The van der Waals surface area contributed by atoms with Gasteiger partial charge in [-0.3, -0.25) is 20.1 Å². The highest BCUT2D eigenvalue weighted by Gasteiger charge is 2.42. The number of aliphatic imine (C=N–C) groups is 1. The van der Waals surface area contributed by atoms with Crippen molar-refractivity contribution >= 4 is 28.9 Å². The maximum absolute atomic E-state index is 14.2. The standard InChI is InChI=1S/C41H50N6O3/c1-25-18-26(2)20-31(19-25)37-36(27(3)22-43-39(45-40(49)50)46-17-14-30(24-46)29-12-15-42-16-13-29)34-21-32(8-11-35(34)44-37)41(4,5)38(48)47-23-28-6-9-33(47)10-7-28/h8,11-13,15-16,18-21,27-28,30,33,44H,6-7,9-10,14,17,22-24H2,1-5H3,(H,43,45)(H,49,50)/t27-,28?,30?,33?/m1/s1. The quantitative estimate of drug-likeness (QED) is 0.137. The zero-order valence-electron chi connectivity index (χ0n) is 30.0. The number of pyridine rings is 1. The van der Waals surface area contributed by atoms with Gasteiger partial charge in [0.25, 0.3) is 0 Å². The zero-order chi connectivity index (χ0) is 35.2. The van der Waals surface area contributed by atoms with Gasteiger partial charge in [0, 0.05) is 67.4 Å². The maximum atomic E-state index is 14.2. The van der Waals surface area contributed by atoms with E-state index in [1.54, 1.807) is 12.4 Å². The van der Waals surface area contributed by atoms with Crippen LogP contribution in [0, 0.1) is 19.8 Å². The number of carbonyl (C=O) groups is 2. The van der Waals surface area contributed by atoms with E-state index in [1.807, 2.05) is 17.0 Å². The summed E-state index contributed by atoms with van der Waals surface area (Å²) in [6.07, 6.45) is 8.11. The number of H-pyrrole nitrogens is 1. The number of nitrogens with one attached hydrogen (secondary N) is 2. The lowest BCUT2D eigenvalue weighted by atomic mass is 9.76. The van der Waals surface area contributed by atoms with Gasteiger partial charge in [0.05, 0.1) is 11.1 Å². The first-order valence-electron chi connectivity index (χ1n) is 18.2. The Bertz CT molecular complexity index is 1900. The van der Waals surface area contributed by atoms with Crippen molar-refractivity contribution in [1.29, 1.82) is 0 Å². The summed E-state index contributed by atoms with van der Waals surface area (Å²) >= 11 is 0. The second-order valence-corrected chi connectivity index (χ2v) is 15.5. The Morgan fingerprint density at radius 2 is 1.72 bits per heavy atom. The smallest absolute Gasteiger partial charge is 0.411 e. The summed E-state index contributed by atoms with van der Waals surface area (Å²) in [5, 5.41) is 13.5. The highest BCUT2D eigenvalue weighted by atomic mass is 16.4. The number of rotatable bonds is 7. The SMILES string of the molecule is Cc1cc(C)cc(-c2[nH]c3ccc(C(C)(C)C(=O)N4CC5CCC4CC5)cc3c2[C@H](C)CN=C(NC(=O)O)N2CCC(c3ccncc3)C2)c1. The molecule has 2 aromatic heterocycles. The van der Waals surface area contributed by atoms with E-state index in [-0.39, 0.29) is 17.7 Å². The fourth-order valence-electron chi connectivity index (χ4n) is 8.75. The van der Waals surface area contributed by atoms with Crippen molar-refractivity contribution in [3.8, 4) is 11.3 Å². The Kier molecular flexibility index (Phi) is 9.18. The molecular weight excluding hydrogens is 624 g/mol. The van der Waals surface area contributed by atoms with Gasteiger partial charge in [-0.05, 0) is 124 Å². The molecule has 0 radical (unpaired) electrons. The highest BCUT2D eigenvalue weighted by Crippen LogP contribution is 2.41. The fraction of sp³-hybridized carbons (Fsp3) is 0.463. The number of aromatic nitrogens is 2. The molecule has 2 aromatic carbocycles. The fourth-order valence-corrected chi connectivity index (χ4v) is 8.75. The van der Waals surface area contributed by atoms with Crippen LogP contribution in [0.3, 0.4) is 0 Å². The number of fused-ring (bicyclic) bond motifs is 4. The minimum atomic E-state index is -1.12. The van der Waals surface area contributed by atoms with Crippen molar-refractivity contribution in [3.05, 3.63) is 88.7 Å². The van der Waals surface area contributed by atoms with E-state index in [1.165, 1.54) is 29.5 Å². The first-order valence-corrected chi connectivity index (χ1v) is 18.2. The number of hydrogen-bond acceptors (Lipinski definition) is 4. The lowest BCUT2D eigenvalue weighted by Crippen LogP contribution is -2.55. The van der Waals surface area contributed by atoms with Crippen molar-refractivity contribution in [2.45, 2.75) is 90.0 Å². The molecule has 5 heterocycles. The average Bonchev–Trinajstić information content (AvgIpc) is 3.76. The third kappa shape index (κ3) is 6.62. The Hall–Kier alpha value is -4.66. The largest absolute Gasteiger partial charge is 0.465 e. The van der Waals surface area contributed by atoms with E-state index < -0.39 is 11.5 Å². The first-order chi connectivity index (χ1) is 24.0.